The highest BCUT2D eigenvalue weighted by atomic mass is 31.1. The maximum atomic E-state index is 5.02. The van der Waals surface area contributed by atoms with Crippen molar-refractivity contribution in [2.45, 2.75) is 31.3 Å². The van der Waals surface area contributed by atoms with Gasteiger partial charge in [0.25, 0.3) is 0 Å². The highest BCUT2D eigenvalue weighted by Crippen LogP contribution is 2.44. The van der Waals surface area contributed by atoms with Gasteiger partial charge < -0.3 is 4.90 Å². The van der Waals surface area contributed by atoms with E-state index in [2.05, 4.69) is 65.6 Å². The Hall–Kier alpha value is -1.66. The van der Waals surface area contributed by atoms with Crippen molar-refractivity contribution in [2.75, 3.05) is 19.6 Å². The summed E-state index contributed by atoms with van der Waals surface area (Å²) in [5.74, 6) is 1.40. The van der Waals surface area contributed by atoms with Gasteiger partial charge in [0.2, 0.25) is 0 Å². The Labute approximate surface area is 146 Å². The first kappa shape index (κ1) is 15.8. The molecule has 1 fully saturated rings. The summed E-state index contributed by atoms with van der Waals surface area (Å²) in [6.45, 7) is 3.40. The smallest absolute Gasteiger partial charge is 0.107 e. The maximum Gasteiger partial charge on any atom is 0.107 e. The van der Waals surface area contributed by atoms with Crippen LogP contribution in [0.4, 0.5) is 0 Å². The largest absolute Gasteiger partial charge is 0.360 e. The lowest BCUT2D eigenvalue weighted by atomic mass is 10.2. The SMILES string of the molecule is c1ccc(P(c2ccccc2)[C@@H]2CCCCN3CCCN=C23)cc1. The van der Waals surface area contributed by atoms with Crippen LogP contribution in [0.3, 0.4) is 0 Å². The summed E-state index contributed by atoms with van der Waals surface area (Å²) in [7, 11) is -0.402. The molecule has 0 saturated carbocycles. The van der Waals surface area contributed by atoms with E-state index in [1.165, 1.54) is 55.2 Å². The lowest BCUT2D eigenvalue weighted by Gasteiger charge is -2.36. The molecule has 124 valence electrons. The Morgan fingerprint density at radius 3 is 2.08 bits per heavy atom. The monoisotopic (exact) mass is 336 g/mol. The van der Waals surface area contributed by atoms with Crippen molar-refractivity contribution in [3.63, 3.8) is 0 Å². The molecule has 1 atom stereocenters. The average molecular weight is 336 g/mol. The molecule has 2 heterocycles. The minimum Gasteiger partial charge on any atom is -0.360 e. The van der Waals surface area contributed by atoms with Crippen LogP contribution in [0.5, 0.6) is 0 Å². The van der Waals surface area contributed by atoms with Gasteiger partial charge >= 0.3 is 0 Å². The summed E-state index contributed by atoms with van der Waals surface area (Å²) >= 11 is 0. The second kappa shape index (κ2) is 7.49. The van der Waals surface area contributed by atoms with E-state index in [0.717, 1.165) is 6.54 Å². The first-order chi connectivity index (χ1) is 11.9. The molecule has 0 bridgehead atoms. The highest BCUT2D eigenvalue weighted by Gasteiger charge is 2.33. The number of amidine groups is 1. The molecule has 1 saturated heterocycles. The van der Waals surface area contributed by atoms with Gasteiger partial charge in [0.15, 0.2) is 0 Å². The van der Waals surface area contributed by atoms with Gasteiger partial charge in [-0.2, -0.15) is 0 Å². The zero-order chi connectivity index (χ0) is 16.2. The van der Waals surface area contributed by atoms with Gasteiger partial charge in [-0.3, -0.25) is 4.99 Å². The van der Waals surface area contributed by atoms with Crippen LogP contribution in [-0.4, -0.2) is 36.0 Å². The number of aliphatic imine (C=N–C) groups is 1. The average Bonchev–Trinajstić information content (AvgIpc) is 2.87. The number of nitrogens with zero attached hydrogens (tertiary/aromatic N) is 2. The van der Waals surface area contributed by atoms with Crippen molar-refractivity contribution in [1.82, 2.24) is 4.90 Å². The summed E-state index contributed by atoms with van der Waals surface area (Å²) in [4.78, 5) is 7.61. The molecule has 0 spiro atoms. The van der Waals surface area contributed by atoms with Crippen LogP contribution in [0.25, 0.3) is 0 Å². The number of benzene rings is 2. The van der Waals surface area contributed by atoms with Crippen LogP contribution < -0.4 is 10.6 Å². The third-order valence-corrected chi connectivity index (χ3v) is 7.84. The summed E-state index contributed by atoms with van der Waals surface area (Å²) in [5, 5.41) is 2.97. The Morgan fingerprint density at radius 1 is 0.792 bits per heavy atom. The molecular formula is C21H25N2P. The third kappa shape index (κ3) is 3.26. The first-order valence-corrected chi connectivity index (χ1v) is 10.5. The highest BCUT2D eigenvalue weighted by molar-refractivity contribution is 7.74. The molecule has 0 N–H and O–H groups in total. The number of fused-ring (bicyclic) bond motifs is 1. The van der Waals surface area contributed by atoms with Gasteiger partial charge in [0, 0.05) is 25.3 Å². The predicted molar refractivity (Wildman–Crippen MR) is 105 cm³/mol. The van der Waals surface area contributed by atoms with Crippen LogP contribution >= 0.6 is 7.92 Å². The van der Waals surface area contributed by atoms with Gasteiger partial charge in [0.1, 0.15) is 5.84 Å². The van der Waals surface area contributed by atoms with E-state index in [4.69, 9.17) is 4.99 Å². The second-order valence-electron chi connectivity index (χ2n) is 6.63. The fraction of sp³-hybridized carbons (Fsp3) is 0.381. The van der Waals surface area contributed by atoms with Crippen molar-refractivity contribution in [1.29, 1.82) is 0 Å². The fourth-order valence-corrected chi connectivity index (χ4v) is 6.83. The Bertz CT molecular complexity index is 644. The van der Waals surface area contributed by atoms with E-state index in [1.54, 1.807) is 0 Å². The molecule has 0 unspecified atom stereocenters. The zero-order valence-electron chi connectivity index (χ0n) is 14.1. The lowest BCUT2D eigenvalue weighted by Crippen LogP contribution is -2.43. The van der Waals surface area contributed by atoms with Gasteiger partial charge in [-0.05, 0) is 37.8 Å². The summed E-state index contributed by atoms with van der Waals surface area (Å²) in [6, 6.07) is 22.3. The van der Waals surface area contributed by atoms with Gasteiger partial charge in [0.05, 0.1) is 0 Å². The molecule has 4 rings (SSSR count). The van der Waals surface area contributed by atoms with E-state index in [1.807, 2.05) is 0 Å². The molecular weight excluding hydrogens is 311 g/mol. The van der Waals surface area contributed by atoms with Gasteiger partial charge in [-0.1, -0.05) is 67.1 Å². The molecule has 24 heavy (non-hydrogen) atoms. The molecule has 0 radical (unpaired) electrons. The summed E-state index contributed by atoms with van der Waals surface area (Å²) in [5.41, 5.74) is 0.563. The normalized spacial score (nSPS) is 21.1. The minimum atomic E-state index is -0.402. The number of rotatable bonds is 3. The van der Waals surface area contributed by atoms with Crippen molar-refractivity contribution in [3.05, 3.63) is 60.7 Å². The standard InChI is InChI=1S/C21H25N2P/c1-3-10-18(11-4-1)24(19-12-5-2-6-13-19)20-14-7-8-16-23-17-9-15-22-21(20)23/h1-6,10-13,20H,7-9,14-17H2/t20-/m1/s1. The van der Waals surface area contributed by atoms with Crippen molar-refractivity contribution >= 4 is 24.4 Å². The Morgan fingerprint density at radius 2 is 1.42 bits per heavy atom. The molecule has 2 nitrogen and oxygen atoms in total. The van der Waals surface area contributed by atoms with Crippen molar-refractivity contribution in [2.24, 2.45) is 4.99 Å². The zero-order valence-corrected chi connectivity index (χ0v) is 15.0. The van der Waals surface area contributed by atoms with E-state index in [-0.39, 0.29) is 0 Å². The van der Waals surface area contributed by atoms with Crippen molar-refractivity contribution < 1.29 is 0 Å². The van der Waals surface area contributed by atoms with Crippen LogP contribution in [0.15, 0.2) is 65.7 Å². The Balaban J connectivity index is 1.78. The number of hydrogen-bond donors (Lipinski definition) is 0. The molecule has 2 aromatic carbocycles. The minimum absolute atomic E-state index is 0.402. The van der Waals surface area contributed by atoms with Crippen molar-refractivity contribution in [3.8, 4) is 0 Å². The van der Waals surface area contributed by atoms with Crippen LogP contribution in [0, 0.1) is 0 Å². The van der Waals surface area contributed by atoms with E-state index in [9.17, 15) is 0 Å². The van der Waals surface area contributed by atoms with Gasteiger partial charge in [-0.25, -0.2) is 0 Å². The summed E-state index contributed by atoms with van der Waals surface area (Å²) < 4.78 is 0. The van der Waals surface area contributed by atoms with E-state index in [0.29, 0.717) is 5.66 Å². The van der Waals surface area contributed by atoms with Crippen LogP contribution in [0.2, 0.25) is 0 Å². The first-order valence-electron chi connectivity index (χ1n) is 9.12. The predicted octanol–water partition coefficient (Wildman–Crippen LogP) is 3.78. The summed E-state index contributed by atoms with van der Waals surface area (Å²) in [6.07, 6.45) is 5.11. The third-order valence-electron chi connectivity index (χ3n) is 5.02. The van der Waals surface area contributed by atoms with Crippen LogP contribution in [0.1, 0.15) is 25.7 Å². The lowest BCUT2D eigenvalue weighted by molar-refractivity contribution is 0.391. The molecule has 0 aromatic heterocycles. The van der Waals surface area contributed by atoms with Crippen LogP contribution in [-0.2, 0) is 0 Å². The molecule has 0 amide bonds. The maximum absolute atomic E-state index is 5.02. The quantitative estimate of drug-likeness (QED) is 0.779. The van der Waals surface area contributed by atoms with E-state index >= 15 is 0 Å². The fourth-order valence-electron chi connectivity index (χ4n) is 3.91. The molecule has 2 aliphatic rings. The molecule has 2 aromatic rings. The molecule has 2 aliphatic heterocycles. The topological polar surface area (TPSA) is 15.6 Å². The Kier molecular flexibility index (Phi) is 4.94. The molecule has 0 aliphatic carbocycles. The molecule has 3 heteroatoms. The second-order valence-corrected chi connectivity index (χ2v) is 9.03. The van der Waals surface area contributed by atoms with E-state index < -0.39 is 7.92 Å². The number of hydrogen-bond acceptors (Lipinski definition) is 2. The van der Waals surface area contributed by atoms with Gasteiger partial charge in [-0.15, -0.1) is 0 Å².